The third-order valence-electron chi connectivity index (χ3n) is 3.76. The molecule has 1 aliphatic heterocycles. The molecule has 2 aromatic rings. The van der Waals surface area contributed by atoms with Crippen LogP contribution in [0.1, 0.15) is 12.2 Å². The monoisotopic (exact) mass is 328 g/mol. The zero-order valence-corrected chi connectivity index (χ0v) is 13.8. The summed E-state index contributed by atoms with van der Waals surface area (Å²) in [6, 6.07) is 7.23. The Morgan fingerprint density at radius 1 is 1.38 bits per heavy atom. The van der Waals surface area contributed by atoms with Gasteiger partial charge in [-0.15, -0.1) is 10.2 Å². The van der Waals surface area contributed by atoms with Crippen LogP contribution in [0.4, 0.5) is 5.82 Å². The van der Waals surface area contributed by atoms with Crippen LogP contribution in [-0.2, 0) is 4.79 Å². The zero-order chi connectivity index (χ0) is 16.9. The molecule has 2 aromatic heterocycles. The number of ether oxygens (including phenoxy) is 1. The first-order chi connectivity index (χ1) is 11.6. The fraction of sp³-hybridized carbons (Fsp3) is 0.353. The second-order valence-electron chi connectivity index (χ2n) is 5.79. The number of anilines is 1. The molecule has 3 heterocycles. The van der Waals surface area contributed by atoms with Gasteiger partial charge in [-0.2, -0.15) is 0 Å². The first-order valence-electron chi connectivity index (χ1n) is 7.80. The van der Waals surface area contributed by atoms with Crippen molar-refractivity contribution in [3.05, 3.63) is 42.4 Å². The van der Waals surface area contributed by atoms with Gasteiger partial charge in [-0.3, -0.25) is 4.79 Å². The fourth-order valence-electron chi connectivity index (χ4n) is 2.45. The second kappa shape index (κ2) is 7.16. The van der Waals surface area contributed by atoms with E-state index in [1.165, 1.54) is 6.08 Å². The number of hydrogen-bond acceptors (Lipinski definition) is 6. The van der Waals surface area contributed by atoms with Gasteiger partial charge in [-0.25, -0.2) is 0 Å². The molecule has 0 N–H and O–H groups in total. The molecular formula is C17H20N4O3. The molecule has 1 amide bonds. The molecule has 0 aliphatic carbocycles. The minimum absolute atomic E-state index is 0.0495. The molecular weight excluding hydrogens is 308 g/mol. The van der Waals surface area contributed by atoms with Crippen molar-refractivity contribution in [3.63, 3.8) is 0 Å². The quantitative estimate of drug-likeness (QED) is 0.780. The van der Waals surface area contributed by atoms with Crippen LogP contribution < -0.4 is 9.64 Å². The van der Waals surface area contributed by atoms with E-state index in [1.54, 1.807) is 35.4 Å². The van der Waals surface area contributed by atoms with E-state index < -0.39 is 0 Å². The minimum atomic E-state index is -0.0644. The lowest BCUT2D eigenvalue weighted by Gasteiger charge is -2.15. The molecule has 0 radical (unpaired) electrons. The Bertz CT molecular complexity index is 695. The molecule has 0 aromatic carbocycles. The number of amides is 1. The van der Waals surface area contributed by atoms with Crippen LogP contribution in [0.15, 0.2) is 41.0 Å². The molecule has 1 atom stereocenters. The molecule has 7 heteroatoms. The van der Waals surface area contributed by atoms with E-state index in [0.29, 0.717) is 24.7 Å². The fourth-order valence-corrected chi connectivity index (χ4v) is 2.45. The predicted octanol–water partition coefficient (Wildman–Crippen LogP) is 1.83. The maximum Gasteiger partial charge on any atom is 0.246 e. The molecule has 24 heavy (non-hydrogen) atoms. The van der Waals surface area contributed by atoms with Gasteiger partial charge in [0.05, 0.1) is 12.8 Å². The van der Waals surface area contributed by atoms with Crippen LogP contribution in [0, 0.1) is 0 Å². The molecule has 126 valence electrons. The summed E-state index contributed by atoms with van der Waals surface area (Å²) in [4.78, 5) is 15.8. The maximum absolute atomic E-state index is 12.2. The number of aromatic nitrogens is 2. The van der Waals surface area contributed by atoms with Crippen LogP contribution >= 0.6 is 0 Å². The second-order valence-corrected chi connectivity index (χ2v) is 5.79. The smallest absolute Gasteiger partial charge is 0.246 e. The van der Waals surface area contributed by atoms with E-state index in [-0.39, 0.29) is 12.0 Å². The summed E-state index contributed by atoms with van der Waals surface area (Å²) in [5.41, 5.74) is 0. The first-order valence-corrected chi connectivity index (χ1v) is 7.80. The standard InChI is InChI=1S/C17H20N4O3/c1-20(2)15-6-7-16(19-18-15)24-14-9-10-21(12-14)17(22)8-5-13-4-3-11-23-13/h3-8,11,14H,9-10,12H2,1-2H3/b8-5+. The van der Waals surface area contributed by atoms with Crippen LogP contribution in [0.2, 0.25) is 0 Å². The average Bonchev–Trinajstić information content (AvgIpc) is 3.25. The molecule has 7 nitrogen and oxygen atoms in total. The molecule has 1 fully saturated rings. The Kier molecular flexibility index (Phi) is 4.79. The highest BCUT2D eigenvalue weighted by Crippen LogP contribution is 2.18. The lowest BCUT2D eigenvalue weighted by Crippen LogP contribution is -2.29. The molecule has 0 saturated carbocycles. The van der Waals surface area contributed by atoms with E-state index in [9.17, 15) is 4.79 Å². The number of carbonyl (C=O) groups is 1. The van der Waals surface area contributed by atoms with Crippen molar-refractivity contribution in [2.45, 2.75) is 12.5 Å². The normalized spacial score (nSPS) is 17.4. The topological polar surface area (TPSA) is 71.7 Å². The van der Waals surface area contributed by atoms with Gasteiger partial charge in [-0.1, -0.05) is 0 Å². The van der Waals surface area contributed by atoms with Crippen molar-refractivity contribution < 1.29 is 13.9 Å². The highest BCUT2D eigenvalue weighted by atomic mass is 16.5. The Labute approximate surface area is 140 Å². The number of carbonyl (C=O) groups excluding carboxylic acids is 1. The Balaban J connectivity index is 1.52. The summed E-state index contributed by atoms with van der Waals surface area (Å²) in [5, 5.41) is 8.14. The summed E-state index contributed by atoms with van der Waals surface area (Å²) >= 11 is 0. The van der Waals surface area contributed by atoms with Crippen molar-refractivity contribution >= 4 is 17.8 Å². The van der Waals surface area contributed by atoms with Crippen LogP contribution in [0.25, 0.3) is 6.08 Å². The van der Waals surface area contributed by atoms with Gasteiger partial charge >= 0.3 is 0 Å². The SMILES string of the molecule is CN(C)c1ccc(OC2CCN(C(=O)/C=C/c3ccco3)C2)nn1. The van der Waals surface area contributed by atoms with Crippen LogP contribution in [-0.4, -0.2) is 54.3 Å². The summed E-state index contributed by atoms with van der Waals surface area (Å²) in [7, 11) is 3.81. The van der Waals surface area contributed by atoms with Gasteiger partial charge in [0.1, 0.15) is 11.9 Å². The molecule has 1 aliphatic rings. The van der Waals surface area contributed by atoms with Crippen molar-refractivity contribution in [2.75, 3.05) is 32.1 Å². The van der Waals surface area contributed by atoms with Gasteiger partial charge in [0.2, 0.25) is 11.8 Å². The lowest BCUT2D eigenvalue weighted by atomic mass is 10.3. The van der Waals surface area contributed by atoms with Crippen LogP contribution in [0.5, 0.6) is 5.88 Å². The van der Waals surface area contributed by atoms with E-state index in [4.69, 9.17) is 9.15 Å². The number of nitrogens with zero attached hydrogens (tertiary/aromatic N) is 4. The van der Waals surface area contributed by atoms with E-state index >= 15 is 0 Å². The van der Waals surface area contributed by atoms with Gasteiger partial charge in [0, 0.05) is 39.2 Å². The Hall–Kier alpha value is -2.83. The average molecular weight is 328 g/mol. The van der Waals surface area contributed by atoms with E-state index in [1.807, 2.05) is 25.1 Å². The first kappa shape index (κ1) is 16.0. The third kappa shape index (κ3) is 3.92. The van der Waals surface area contributed by atoms with Crippen molar-refractivity contribution in [1.29, 1.82) is 0 Å². The molecule has 1 unspecified atom stereocenters. The van der Waals surface area contributed by atoms with Gasteiger partial charge in [0.15, 0.2) is 5.82 Å². The highest BCUT2D eigenvalue weighted by molar-refractivity contribution is 5.91. The van der Waals surface area contributed by atoms with Crippen molar-refractivity contribution in [3.8, 4) is 5.88 Å². The molecule has 1 saturated heterocycles. The number of hydrogen-bond donors (Lipinski definition) is 0. The maximum atomic E-state index is 12.2. The molecule has 0 spiro atoms. The zero-order valence-electron chi connectivity index (χ0n) is 13.8. The lowest BCUT2D eigenvalue weighted by molar-refractivity contribution is -0.125. The Morgan fingerprint density at radius 3 is 2.92 bits per heavy atom. The highest BCUT2D eigenvalue weighted by Gasteiger charge is 2.26. The van der Waals surface area contributed by atoms with E-state index in [0.717, 1.165) is 12.2 Å². The summed E-state index contributed by atoms with van der Waals surface area (Å²) in [5.74, 6) is 1.86. The third-order valence-corrected chi connectivity index (χ3v) is 3.76. The minimum Gasteiger partial charge on any atom is -0.471 e. The number of likely N-dealkylation sites (tertiary alicyclic amines) is 1. The van der Waals surface area contributed by atoms with Gasteiger partial charge in [0.25, 0.3) is 0 Å². The van der Waals surface area contributed by atoms with Gasteiger partial charge < -0.3 is 19.0 Å². The predicted molar refractivity (Wildman–Crippen MR) is 89.7 cm³/mol. The number of rotatable bonds is 5. The molecule has 0 bridgehead atoms. The van der Waals surface area contributed by atoms with Gasteiger partial charge in [-0.05, 0) is 24.3 Å². The molecule has 3 rings (SSSR count). The van der Waals surface area contributed by atoms with Crippen molar-refractivity contribution in [2.24, 2.45) is 0 Å². The van der Waals surface area contributed by atoms with Crippen LogP contribution in [0.3, 0.4) is 0 Å². The number of furan rings is 1. The largest absolute Gasteiger partial charge is 0.471 e. The summed E-state index contributed by atoms with van der Waals surface area (Å²) in [6.07, 6.45) is 5.48. The summed E-state index contributed by atoms with van der Waals surface area (Å²) in [6.45, 7) is 1.20. The Morgan fingerprint density at radius 2 is 2.25 bits per heavy atom. The van der Waals surface area contributed by atoms with E-state index in [2.05, 4.69) is 10.2 Å². The summed E-state index contributed by atoms with van der Waals surface area (Å²) < 4.78 is 11.0. The van der Waals surface area contributed by atoms with Crippen molar-refractivity contribution in [1.82, 2.24) is 15.1 Å².